The molecule has 3 aliphatic heterocycles. The normalized spacial score (nSPS) is 20.1. The van der Waals surface area contributed by atoms with Crippen LogP contribution in [0.2, 0.25) is 0 Å². The molecule has 0 atom stereocenters. The number of nitrogens with zero attached hydrogens (tertiary/aromatic N) is 4. The van der Waals surface area contributed by atoms with E-state index < -0.39 is 0 Å². The van der Waals surface area contributed by atoms with Crippen molar-refractivity contribution in [2.45, 2.75) is 43.4 Å². The van der Waals surface area contributed by atoms with Crippen LogP contribution in [0.15, 0.2) is 29.2 Å². The lowest BCUT2D eigenvalue weighted by Gasteiger charge is -2.35. The molecule has 3 aliphatic rings. The molecule has 3 saturated heterocycles. The molecule has 1 aromatic rings. The SMILES string of the molecule is O=C(CSc1ccccc1C(=O)N1CCN(CC(=O)N2CCCCCC2)CC1)N1CCCC1. The molecule has 0 radical (unpaired) electrons. The number of carbonyl (C=O) groups excluding carboxylic acids is 3. The fourth-order valence-electron chi connectivity index (χ4n) is 4.86. The summed E-state index contributed by atoms with van der Waals surface area (Å²) >= 11 is 1.46. The zero-order valence-electron chi connectivity index (χ0n) is 19.5. The molecular weight excluding hydrogens is 436 g/mol. The largest absolute Gasteiger partial charge is 0.342 e. The Morgan fingerprint density at radius 1 is 0.667 bits per heavy atom. The molecule has 7 nitrogen and oxygen atoms in total. The summed E-state index contributed by atoms with van der Waals surface area (Å²) in [7, 11) is 0. The van der Waals surface area contributed by atoms with Gasteiger partial charge in [-0.15, -0.1) is 11.8 Å². The molecule has 0 saturated carbocycles. The Labute approximate surface area is 201 Å². The van der Waals surface area contributed by atoms with Gasteiger partial charge in [-0.1, -0.05) is 25.0 Å². The van der Waals surface area contributed by atoms with Gasteiger partial charge in [-0.05, 0) is 37.8 Å². The van der Waals surface area contributed by atoms with Crippen LogP contribution in [-0.2, 0) is 9.59 Å². The predicted molar refractivity (Wildman–Crippen MR) is 130 cm³/mol. The highest BCUT2D eigenvalue weighted by Crippen LogP contribution is 2.25. The van der Waals surface area contributed by atoms with E-state index in [1.807, 2.05) is 39.0 Å². The lowest BCUT2D eigenvalue weighted by atomic mass is 10.2. The topological polar surface area (TPSA) is 64.2 Å². The average Bonchev–Trinajstić information content (AvgIpc) is 3.25. The van der Waals surface area contributed by atoms with Crippen molar-refractivity contribution in [3.8, 4) is 0 Å². The van der Waals surface area contributed by atoms with Crippen LogP contribution in [0.3, 0.4) is 0 Å². The minimum Gasteiger partial charge on any atom is -0.342 e. The van der Waals surface area contributed by atoms with E-state index >= 15 is 0 Å². The van der Waals surface area contributed by atoms with E-state index in [4.69, 9.17) is 0 Å². The van der Waals surface area contributed by atoms with Crippen LogP contribution in [0.25, 0.3) is 0 Å². The second kappa shape index (κ2) is 11.9. The van der Waals surface area contributed by atoms with Gasteiger partial charge in [0, 0.05) is 57.3 Å². The van der Waals surface area contributed by atoms with Crippen LogP contribution in [0.5, 0.6) is 0 Å². The molecule has 33 heavy (non-hydrogen) atoms. The molecular formula is C25H36N4O3S. The van der Waals surface area contributed by atoms with Gasteiger partial charge in [-0.2, -0.15) is 0 Å². The highest BCUT2D eigenvalue weighted by molar-refractivity contribution is 8.00. The first-order chi connectivity index (χ1) is 16.1. The van der Waals surface area contributed by atoms with Gasteiger partial charge in [0.05, 0.1) is 17.9 Å². The second-order valence-corrected chi connectivity index (χ2v) is 10.3. The molecule has 0 bridgehead atoms. The lowest BCUT2D eigenvalue weighted by molar-refractivity contribution is -0.132. The predicted octanol–water partition coefficient (Wildman–Crippen LogP) is 2.56. The van der Waals surface area contributed by atoms with Gasteiger partial charge in [0.15, 0.2) is 0 Å². The number of piperazine rings is 1. The Kier molecular flexibility index (Phi) is 8.67. The maximum atomic E-state index is 13.3. The summed E-state index contributed by atoms with van der Waals surface area (Å²) in [4.78, 5) is 47.2. The number of carbonyl (C=O) groups is 3. The standard InChI is InChI=1S/C25H36N4O3S/c30-23(27-11-5-1-2-6-12-27)19-26-15-17-29(18-16-26)25(32)21-9-3-4-10-22(21)33-20-24(31)28-13-7-8-14-28/h3-4,9-10H,1-2,5-8,11-20H2. The van der Waals surface area contributed by atoms with Crippen molar-refractivity contribution in [1.82, 2.24) is 19.6 Å². The molecule has 4 rings (SSSR count). The van der Waals surface area contributed by atoms with E-state index in [0.29, 0.717) is 44.0 Å². The molecule has 0 aromatic heterocycles. The molecule has 0 unspecified atom stereocenters. The van der Waals surface area contributed by atoms with Crippen LogP contribution >= 0.6 is 11.8 Å². The van der Waals surface area contributed by atoms with Gasteiger partial charge in [-0.25, -0.2) is 0 Å². The third kappa shape index (κ3) is 6.51. The minimum atomic E-state index is 0.0187. The van der Waals surface area contributed by atoms with Gasteiger partial charge >= 0.3 is 0 Å². The van der Waals surface area contributed by atoms with Crippen molar-refractivity contribution < 1.29 is 14.4 Å². The maximum Gasteiger partial charge on any atom is 0.255 e. The molecule has 0 spiro atoms. The van der Waals surface area contributed by atoms with Crippen LogP contribution in [-0.4, -0.2) is 102 Å². The van der Waals surface area contributed by atoms with E-state index in [1.54, 1.807) is 0 Å². The van der Waals surface area contributed by atoms with Gasteiger partial charge in [0.25, 0.3) is 5.91 Å². The summed E-state index contributed by atoms with van der Waals surface area (Å²) < 4.78 is 0. The molecule has 3 fully saturated rings. The van der Waals surface area contributed by atoms with Gasteiger partial charge in [-0.3, -0.25) is 19.3 Å². The van der Waals surface area contributed by atoms with Crippen molar-refractivity contribution in [2.75, 3.05) is 64.7 Å². The van der Waals surface area contributed by atoms with Crippen molar-refractivity contribution in [3.63, 3.8) is 0 Å². The third-order valence-electron chi connectivity index (χ3n) is 6.90. The molecule has 0 N–H and O–H groups in total. The van der Waals surface area contributed by atoms with E-state index in [-0.39, 0.29) is 17.7 Å². The zero-order valence-corrected chi connectivity index (χ0v) is 20.4. The summed E-state index contributed by atoms with van der Waals surface area (Å²) in [5.74, 6) is 0.769. The number of thioether (sulfide) groups is 1. The van der Waals surface area contributed by atoms with Crippen molar-refractivity contribution in [2.24, 2.45) is 0 Å². The highest BCUT2D eigenvalue weighted by Gasteiger charge is 2.27. The first kappa shape index (κ1) is 24.1. The molecule has 1 aromatic carbocycles. The summed E-state index contributed by atoms with van der Waals surface area (Å²) in [6, 6.07) is 7.60. The van der Waals surface area contributed by atoms with Crippen LogP contribution in [0, 0.1) is 0 Å². The quantitative estimate of drug-likeness (QED) is 0.596. The van der Waals surface area contributed by atoms with E-state index in [0.717, 1.165) is 56.8 Å². The van der Waals surface area contributed by atoms with Gasteiger partial charge < -0.3 is 14.7 Å². The molecule has 8 heteroatoms. The fourth-order valence-corrected chi connectivity index (χ4v) is 5.80. The van der Waals surface area contributed by atoms with Gasteiger partial charge in [0.1, 0.15) is 0 Å². The Hall–Kier alpha value is -2.06. The number of amides is 3. The first-order valence-electron chi connectivity index (χ1n) is 12.4. The Balaban J connectivity index is 1.27. The number of likely N-dealkylation sites (tertiary alicyclic amines) is 2. The smallest absolute Gasteiger partial charge is 0.255 e. The minimum absolute atomic E-state index is 0.0187. The first-order valence-corrected chi connectivity index (χ1v) is 13.4. The van der Waals surface area contributed by atoms with Crippen LogP contribution < -0.4 is 0 Å². The van der Waals surface area contributed by atoms with Crippen molar-refractivity contribution in [1.29, 1.82) is 0 Å². The number of benzene rings is 1. The highest BCUT2D eigenvalue weighted by atomic mass is 32.2. The fraction of sp³-hybridized carbons (Fsp3) is 0.640. The Morgan fingerprint density at radius 2 is 1.24 bits per heavy atom. The molecule has 180 valence electrons. The summed E-state index contributed by atoms with van der Waals surface area (Å²) in [5, 5.41) is 0. The van der Waals surface area contributed by atoms with Gasteiger partial charge in [0.2, 0.25) is 11.8 Å². The zero-order chi connectivity index (χ0) is 23.0. The number of rotatable bonds is 6. The van der Waals surface area contributed by atoms with E-state index in [9.17, 15) is 14.4 Å². The molecule has 0 aliphatic carbocycles. The number of hydrogen-bond acceptors (Lipinski definition) is 5. The summed E-state index contributed by atoms with van der Waals surface area (Å²) in [6.07, 6.45) is 6.82. The third-order valence-corrected chi connectivity index (χ3v) is 7.96. The summed E-state index contributed by atoms with van der Waals surface area (Å²) in [5.41, 5.74) is 0.672. The summed E-state index contributed by atoms with van der Waals surface area (Å²) in [6.45, 7) is 6.60. The molecule has 3 heterocycles. The monoisotopic (exact) mass is 472 g/mol. The van der Waals surface area contributed by atoms with E-state index in [1.165, 1.54) is 24.6 Å². The Bertz CT molecular complexity index is 827. The second-order valence-electron chi connectivity index (χ2n) is 9.24. The van der Waals surface area contributed by atoms with Crippen LogP contribution in [0.4, 0.5) is 0 Å². The number of hydrogen-bond donors (Lipinski definition) is 0. The lowest BCUT2D eigenvalue weighted by Crippen LogP contribution is -2.51. The Morgan fingerprint density at radius 3 is 1.91 bits per heavy atom. The van der Waals surface area contributed by atoms with Crippen molar-refractivity contribution >= 4 is 29.5 Å². The van der Waals surface area contributed by atoms with E-state index in [2.05, 4.69) is 4.90 Å². The van der Waals surface area contributed by atoms with Crippen molar-refractivity contribution in [3.05, 3.63) is 29.8 Å². The molecule has 3 amide bonds. The average molecular weight is 473 g/mol. The van der Waals surface area contributed by atoms with Crippen LogP contribution in [0.1, 0.15) is 48.9 Å². The maximum absolute atomic E-state index is 13.3.